The molecule has 2 nitrogen and oxygen atoms in total. The maximum atomic E-state index is 5.79. The standard InChI is InChI=1S/C12H17NO/c1-8-6-11(8)12-5-4-10(14-12)7-13-9-2-3-9/h4-5,8-9,11,13H,2-3,6-7H2,1H3/t8-,11-/m0/s1. The lowest BCUT2D eigenvalue weighted by Gasteiger charge is -1.98. The van der Waals surface area contributed by atoms with Gasteiger partial charge in [0.2, 0.25) is 0 Å². The molecule has 14 heavy (non-hydrogen) atoms. The lowest BCUT2D eigenvalue weighted by molar-refractivity contribution is 0.443. The van der Waals surface area contributed by atoms with Crippen molar-refractivity contribution < 1.29 is 4.42 Å². The average Bonchev–Trinajstić information content (AvgIpc) is 3.07. The Kier molecular flexibility index (Phi) is 1.91. The summed E-state index contributed by atoms with van der Waals surface area (Å²) in [7, 11) is 0. The Morgan fingerprint density at radius 2 is 2.21 bits per heavy atom. The Hall–Kier alpha value is -0.760. The normalized spacial score (nSPS) is 30.6. The van der Waals surface area contributed by atoms with Crippen LogP contribution in [0.5, 0.6) is 0 Å². The van der Waals surface area contributed by atoms with E-state index in [1.165, 1.54) is 25.0 Å². The van der Waals surface area contributed by atoms with Gasteiger partial charge in [0.25, 0.3) is 0 Å². The van der Waals surface area contributed by atoms with E-state index < -0.39 is 0 Å². The Bertz CT molecular complexity index is 327. The Labute approximate surface area is 84.7 Å². The third-order valence-electron chi connectivity index (χ3n) is 3.30. The van der Waals surface area contributed by atoms with Crippen LogP contribution in [0.2, 0.25) is 0 Å². The van der Waals surface area contributed by atoms with E-state index in [9.17, 15) is 0 Å². The van der Waals surface area contributed by atoms with E-state index in [1.54, 1.807) is 0 Å². The highest BCUT2D eigenvalue weighted by molar-refractivity contribution is 5.17. The van der Waals surface area contributed by atoms with E-state index in [0.29, 0.717) is 5.92 Å². The van der Waals surface area contributed by atoms with Gasteiger partial charge >= 0.3 is 0 Å². The molecule has 2 aliphatic rings. The highest BCUT2D eigenvalue weighted by atomic mass is 16.3. The molecule has 2 saturated carbocycles. The van der Waals surface area contributed by atoms with E-state index in [4.69, 9.17) is 4.42 Å². The van der Waals surface area contributed by atoms with E-state index in [-0.39, 0.29) is 0 Å². The highest BCUT2D eigenvalue weighted by Crippen LogP contribution is 2.47. The maximum Gasteiger partial charge on any atom is 0.117 e. The topological polar surface area (TPSA) is 25.2 Å². The van der Waals surface area contributed by atoms with Crippen molar-refractivity contribution in [1.82, 2.24) is 5.32 Å². The van der Waals surface area contributed by atoms with Crippen molar-refractivity contribution in [1.29, 1.82) is 0 Å². The number of hydrogen-bond acceptors (Lipinski definition) is 2. The second kappa shape index (κ2) is 3.13. The summed E-state index contributed by atoms with van der Waals surface area (Å²) < 4.78 is 5.79. The van der Waals surface area contributed by atoms with Gasteiger partial charge in [-0.2, -0.15) is 0 Å². The summed E-state index contributed by atoms with van der Waals surface area (Å²) in [5.74, 6) is 3.85. The molecule has 76 valence electrons. The molecule has 0 radical (unpaired) electrons. The molecule has 0 aliphatic heterocycles. The third kappa shape index (κ3) is 1.71. The summed E-state index contributed by atoms with van der Waals surface area (Å²) in [4.78, 5) is 0. The number of rotatable bonds is 4. The van der Waals surface area contributed by atoms with Crippen molar-refractivity contribution in [2.45, 2.75) is 44.7 Å². The minimum atomic E-state index is 0.713. The van der Waals surface area contributed by atoms with Gasteiger partial charge < -0.3 is 9.73 Å². The van der Waals surface area contributed by atoms with Crippen LogP contribution in [0.1, 0.15) is 43.6 Å². The van der Waals surface area contributed by atoms with Crippen LogP contribution in [0, 0.1) is 5.92 Å². The predicted octanol–water partition coefficient (Wildman–Crippen LogP) is 2.66. The van der Waals surface area contributed by atoms with Crippen LogP contribution < -0.4 is 5.32 Å². The first-order chi connectivity index (χ1) is 6.83. The van der Waals surface area contributed by atoms with Crippen molar-refractivity contribution in [3.63, 3.8) is 0 Å². The molecule has 0 saturated heterocycles. The molecule has 0 spiro atoms. The largest absolute Gasteiger partial charge is 0.464 e. The molecule has 1 aromatic heterocycles. The Morgan fingerprint density at radius 1 is 1.43 bits per heavy atom. The average molecular weight is 191 g/mol. The zero-order chi connectivity index (χ0) is 9.54. The van der Waals surface area contributed by atoms with E-state index >= 15 is 0 Å². The molecule has 2 heteroatoms. The maximum absolute atomic E-state index is 5.79. The van der Waals surface area contributed by atoms with Gasteiger partial charge in [-0.1, -0.05) is 6.92 Å². The summed E-state index contributed by atoms with van der Waals surface area (Å²) in [6.07, 6.45) is 3.99. The zero-order valence-electron chi connectivity index (χ0n) is 8.62. The third-order valence-corrected chi connectivity index (χ3v) is 3.30. The fraction of sp³-hybridized carbons (Fsp3) is 0.667. The van der Waals surface area contributed by atoms with Gasteiger partial charge in [0.15, 0.2) is 0 Å². The van der Waals surface area contributed by atoms with Crippen molar-refractivity contribution in [2.75, 3.05) is 0 Å². The molecule has 2 aliphatic carbocycles. The first-order valence-corrected chi connectivity index (χ1v) is 5.65. The van der Waals surface area contributed by atoms with Crippen LogP contribution in [0.3, 0.4) is 0 Å². The van der Waals surface area contributed by atoms with Gasteiger partial charge in [-0.15, -0.1) is 0 Å². The van der Waals surface area contributed by atoms with Gasteiger partial charge in [0, 0.05) is 12.0 Å². The first-order valence-electron chi connectivity index (χ1n) is 5.65. The van der Waals surface area contributed by atoms with Crippen LogP contribution >= 0.6 is 0 Å². The quantitative estimate of drug-likeness (QED) is 0.791. The molecule has 0 unspecified atom stereocenters. The lowest BCUT2D eigenvalue weighted by atomic mass is 10.3. The molecule has 2 fully saturated rings. The predicted molar refractivity (Wildman–Crippen MR) is 55.1 cm³/mol. The van der Waals surface area contributed by atoms with Crippen LogP contribution in [-0.4, -0.2) is 6.04 Å². The summed E-state index contributed by atoms with van der Waals surface area (Å²) in [5, 5.41) is 3.46. The molecule has 3 rings (SSSR count). The van der Waals surface area contributed by atoms with Crippen molar-refractivity contribution in [2.24, 2.45) is 5.92 Å². The molecule has 1 heterocycles. The van der Waals surface area contributed by atoms with Crippen LogP contribution in [0.15, 0.2) is 16.5 Å². The summed E-state index contributed by atoms with van der Waals surface area (Å²) in [6.45, 7) is 3.20. The van der Waals surface area contributed by atoms with Gasteiger partial charge in [0.1, 0.15) is 11.5 Å². The first kappa shape index (κ1) is 8.54. The molecule has 2 atom stereocenters. The Morgan fingerprint density at radius 3 is 2.86 bits per heavy atom. The fourth-order valence-electron chi connectivity index (χ4n) is 1.94. The Balaban J connectivity index is 1.59. The lowest BCUT2D eigenvalue weighted by Crippen LogP contribution is -2.14. The summed E-state index contributed by atoms with van der Waals surface area (Å²) in [5.41, 5.74) is 0. The number of furan rings is 1. The second-order valence-corrected chi connectivity index (χ2v) is 4.78. The van der Waals surface area contributed by atoms with Crippen LogP contribution in [0.25, 0.3) is 0 Å². The molecular formula is C12H17NO. The van der Waals surface area contributed by atoms with Gasteiger partial charge in [-0.3, -0.25) is 0 Å². The molecule has 1 aromatic rings. The van der Waals surface area contributed by atoms with Crippen molar-refractivity contribution >= 4 is 0 Å². The molecule has 1 N–H and O–H groups in total. The van der Waals surface area contributed by atoms with E-state index in [1.807, 2.05) is 0 Å². The molecule has 0 aromatic carbocycles. The monoisotopic (exact) mass is 191 g/mol. The fourth-order valence-corrected chi connectivity index (χ4v) is 1.94. The van der Waals surface area contributed by atoms with Crippen molar-refractivity contribution in [3.8, 4) is 0 Å². The minimum absolute atomic E-state index is 0.713. The van der Waals surface area contributed by atoms with Gasteiger partial charge in [-0.05, 0) is 37.3 Å². The minimum Gasteiger partial charge on any atom is -0.464 e. The number of nitrogens with one attached hydrogen (secondary N) is 1. The zero-order valence-corrected chi connectivity index (χ0v) is 8.62. The van der Waals surface area contributed by atoms with E-state index in [0.717, 1.165) is 24.3 Å². The smallest absolute Gasteiger partial charge is 0.117 e. The second-order valence-electron chi connectivity index (χ2n) is 4.78. The number of hydrogen-bond donors (Lipinski definition) is 1. The van der Waals surface area contributed by atoms with Crippen LogP contribution in [-0.2, 0) is 6.54 Å². The molecular weight excluding hydrogens is 174 g/mol. The summed E-state index contributed by atoms with van der Waals surface area (Å²) in [6, 6.07) is 5.04. The van der Waals surface area contributed by atoms with Crippen LogP contribution in [0.4, 0.5) is 0 Å². The van der Waals surface area contributed by atoms with Gasteiger partial charge in [0.05, 0.1) is 6.54 Å². The molecule has 0 bridgehead atoms. The molecule has 0 amide bonds. The van der Waals surface area contributed by atoms with E-state index in [2.05, 4.69) is 24.4 Å². The highest BCUT2D eigenvalue weighted by Gasteiger charge is 2.36. The summed E-state index contributed by atoms with van der Waals surface area (Å²) >= 11 is 0. The van der Waals surface area contributed by atoms with Crippen molar-refractivity contribution in [3.05, 3.63) is 23.7 Å². The SMILES string of the molecule is C[C@H]1C[C@@H]1c1ccc(CNC2CC2)o1. The van der Waals surface area contributed by atoms with Gasteiger partial charge in [-0.25, -0.2) is 0 Å².